The quantitative estimate of drug-likeness (QED) is 0.610. The Kier molecular flexibility index (Phi) is 7.16. The van der Waals surface area contributed by atoms with Crippen molar-refractivity contribution in [1.29, 1.82) is 0 Å². The number of hydrogen-bond acceptors (Lipinski definition) is 5. The van der Waals surface area contributed by atoms with Gasteiger partial charge in [0, 0.05) is 11.7 Å². The minimum Gasteiger partial charge on any atom is -0.480 e. The average Bonchev–Trinajstić information content (AvgIpc) is 3.40. The van der Waals surface area contributed by atoms with E-state index < -0.39 is 24.1 Å². The summed E-state index contributed by atoms with van der Waals surface area (Å²) in [6.45, 7) is 5.72. The molecule has 0 aromatic heterocycles. The molecule has 1 saturated heterocycles. The Balaban J connectivity index is 1.46. The zero-order valence-electron chi connectivity index (χ0n) is 19.6. The lowest BCUT2D eigenvalue weighted by Gasteiger charge is -2.32. The summed E-state index contributed by atoms with van der Waals surface area (Å²) in [5.41, 5.74) is 4.49. The second-order valence-corrected chi connectivity index (χ2v) is 10.2. The molecule has 4 rings (SSSR count). The lowest BCUT2D eigenvalue weighted by atomic mass is 9.98. The van der Waals surface area contributed by atoms with Crippen LogP contribution in [0.3, 0.4) is 0 Å². The number of rotatable bonds is 7. The third-order valence-corrected chi connectivity index (χ3v) is 7.98. The van der Waals surface area contributed by atoms with Crippen LogP contribution in [-0.4, -0.2) is 57.8 Å². The molecule has 0 radical (unpaired) electrons. The molecular formula is C26H30N2O5S. The van der Waals surface area contributed by atoms with Gasteiger partial charge in [-0.2, -0.15) is 0 Å². The molecule has 8 heteroatoms. The second kappa shape index (κ2) is 10.1. The SMILES string of the molecule is CCC1SCC(C(=O)O)N1C(=O)[C@@H](NC(=O)OCC1c2ccccc2-c2ccccc21)C(C)C. The molecule has 1 aliphatic heterocycles. The number of alkyl carbamates (subject to hydrolysis) is 1. The fourth-order valence-electron chi connectivity index (χ4n) is 4.81. The molecule has 2 aromatic rings. The molecule has 1 fully saturated rings. The lowest BCUT2D eigenvalue weighted by Crippen LogP contribution is -2.56. The minimum atomic E-state index is -1.03. The van der Waals surface area contributed by atoms with Gasteiger partial charge in [0.2, 0.25) is 5.91 Å². The van der Waals surface area contributed by atoms with E-state index in [1.165, 1.54) is 16.7 Å². The minimum absolute atomic E-state index is 0.0813. The largest absolute Gasteiger partial charge is 0.480 e. The van der Waals surface area contributed by atoms with Gasteiger partial charge in [-0.15, -0.1) is 11.8 Å². The maximum absolute atomic E-state index is 13.4. The lowest BCUT2D eigenvalue weighted by molar-refractivity contribution is -0.150. The Morgan fingerprint density at radius 3 is 2.21 bits per heavy atom. The maximum atomic E-state index is 13.4. The molecule has 1 heterocycles. The normalized spacial score (nSPS) is 20.1. The number of amides is 2. The van der Waals surface area contributed by atoms with Gasteiger partial charge in [-0.1, -0.05) is 69.3 Å². The average molecular weight is 483 g/mol. The third kappa shape index (κ3) is 4.51. The number of aliphatic carboxylic acids is 1. The molecule has 180 valence electrons. The van der Waals surface area contributed by atoms with E-state index in [2.05, 4.69) is 17.4 Å². The Morgan fingerprint density at radius 1 is 1.09 bits per heavy atom. The van der Waals surface area contributed by atoms with Gasteiger partial charge >= 0.3 is 12.1 Å². The summed E-state index contributed by atoms with van der Waals surface area (Å²) in [4.78, 5) is 39.3. The number of nitrogens with zero attached hydrogens (tertiary/aromatic N) is 1. The van der Waals surface area contributed by atoms with Crippen LogP contribution in [0.2, 0.25) is 0 Å². The predicted octanol–water partition coefficient (Wildman–Crippen LogP) is 4.31. The number of hydrogen-bond donors (Lipinski definition) is 2. The third-order valence-electron chi connectivity index (χ3n) is 6.53. The molecular weight excluding hydrogens is 452 g/mol. The Morgan fingerprint density at radius 2 is 1.68 bits per heavy atom. The van der Waals surface area contributed by atoms with Crippen molar-refractivity contribution in [2.45, 2.75) is 50.6 Å². The molecule has 34 heavy (non-hydrogen) atoms. The standard InChI is InChI=1S/C26H30N2O5S/c1-4-22-28(21(14-34-22)25(30)31)24(29)23(15(2)3)27-26(32)33-13-20-18-11-7-5-9-16(18)17-10-6-8-12-19(17)20/h5-12,15,20-23H,4,13-14H2,1-3H3,(H,27,32)(H,30,31)/t21?,22?,23-/m0/s1. The zero-order chi connectivity index (χ0) is 24.4. The van der Waals surface area contributed by atoms with Gasteiger partial charge in [0.25, 0.3) is 0 Å². The molecule has 2 aliphatic rings. The van der Waals surface area contributed by atoms with Gasteiger partial charge in [-0.05, 0) is 34.6 Å². The summed E-state index contributed by atoms with van der Waals surface area (Å²) in [6.07, 6.45) is -0.0451. The van der Waals surface area contributed by atoms with Crippen LogP contribution < -0.4 is 5.32 Å². The van der Waals surface area contributed by atoms with Crippen molar-refractivity contribution in [1.82, 2.24) is 10.2 Å². The highest BCUT2D eigenvalue weighted by Gasteiger charge is 2.44. The van der Waals surface area contributed by atoms with Crippen molar-refractivity contribution < 1.29 is 24.2 Å². The maximum Gasteiger partial charge on any atom is 0.407 e. The predicted molar refractivity (Wildman–Crippen MR) is 132 cm³/mol. The number of carboxylic acid groups (broad SMARTS) is 1. The van der Waals surface area contributed by atoms with Crippen LogP contribution in [0.15, 0.2) is 48.5 Å². The van der Waals surface area contributed by atoms with Crippen LogP contribution in [0.5, 0.6) is 0 Å². The first-order chi connectivity index (χ1) is 16.3. The van der Waals surface area contributed by atoms with E-state index in [4.69, 9.17) is 4.74 Å². The first kappa shape index (κ1) is 24.1. The van der Waals surface area contributed by atoms with Crippen LogP contribution in [0.25, 0.3) is 11.1 Å². The van der Waals surface area contributed by atoms with Gasteiger partial charge in [0.1, 0.15) is 18.7 Å². The van der Waals surface area contributed by atoms with Crippen LogP contribution in [0, 0.1) is 5.92 Å². The number of thioether (sulfide) groups is 1. The van der Waals surface area contributed by atoms with Crippen molar-refractivity contribution >= 4 is 29.7 Å². The number of carboxylic acids is 1. The summed E-state index contributed by atoms with van der Waals surface area (Å²) in [5.74, 6) is -1.38. The van der Waals surface area contributed by atoms with E-state index in [0.29, 0.717) is 12.2 Å². The van der Waals surface area contributed by atoms with E-state index in [0.717, 1.165) is 22.3 Å². The molecule has 0 spiro atoms. The number of ether oxygens (including phenoxy) is 1. The molecule has 2 aromatic carbocycles. The topological polar surface area (TPSA) is 95.9 Å². The van der Waals surface area contributed by atoms with Crippen molar-refractivity contribution in [3.05, 3.63) is 59.7 Å². The van der Waals surface area contributed by atoms with Crippen molar-refractivity contribution in [2.75, 3.05) is 12.4 Å². The molecule has 7 nitrogen and oxygen atoms in total. The van der Waals surface area contributed by atoms with Gasteiger partial charge < -0.3 is 20.1 Å². The summed E-state index contributed by atoms with van der Waals surface area (Å²) in [5, 5.41) is 12.1. The first-order valence-corrected chi connectivity index (χ1v) is 12.7. The monoisotopic (exact) mass is 482 g/mol. The van der Waals surface area contributed by atoms with E-state index in [-0.39, 0.29) is 29.7 Å². The number of carbonyl (C=O) groups excluding carboxylic acids is 2. The Hall–Kier alpha value is -3.00. The fraction of sp³-hybridized carbons (Fsp3) is 0.423. The number of nitrogens with one attached hydrogen (secondary N) is 1. The van der Waals surface area contributed by atoms with Gasteiger partial charge in [0.05, 0.1) is 5.37 Å². The van der Waals surface area contributed by atoms with Gasteiger partial charge in [0.15, 0.2) is 0 Å². The second-order valence-electron chi connectivity index (χ2n) is 8.99. The summed E-state index contributed by atoms with van der Waals surface area (Å²) in [6, 6.07) is 14.4. The summed E-state index contributed by atoms with van der Waals surface area (Å²) >= 11 is 1.46. The molecule has 2 N–H and O–H groups in total. The number of fused-ring (bicyclic) bond motifs is 3. The van der Waals surface area contributed by atoms with Crippen LogP contribution >= 0.6 is 11.8 Å². The van der Waals surface area contributed by atoms with E-state index in [1.807, 2.05) is 57.2 Å². The molecule has 0 bridgehead atoms. The zero-order valence-corrected chi connectivity index (χ0v) is 20.4. The van der Waals surface area contributed by atoms with Crippen LogP contribution in [-0.2, 0) is 14.3 Å². The van der Waals surface area contributed by atoms with E-state index >= 15 is 0 Å². The summed E-state index contributed by atoms with van der Waals surface area (Å²) < 4.78 is 5.62. The highest BCUT2D eigenvalue weighted by Crippen LogP contribution is 2.44. The van der Waals surface area contributed by atoms with Crippen molar-refractivity contribution in [2.24, 2.45) is 5.92 Å². The molecule has 0 saturated carbocycles. The van der Waals surface area contributed by atoms with E-state index in [9.17, 15) is 19.5 Å². The molecule has 2 unspecified atom stereocenters. The van der Waals surface area contributed by atoms with Gasteiger partial charge in [-0.25, -0.2) is 9.59 Å². The number of carbonyl (C=O) groups is 3. The smallest absolute Gasteiger partial charge is 0.407 e. The highest BCUT2D eigenvalue weighted by atomic mass is 32.2. The van der Waals surface area contributed by atoms with E-state index in [1.54, 1.807) is 0 Å². The van der Waals surface area contributed by atoms with Gasteiger partial charge in [-0.3, -0.25) is 4.79 Å². The molecule has 2 amide bonds. The van der Waals surface area contributed by atoms with Crippen LogP contribution in [0.1, 0.15) is 44.2 Å². The molecule has 3 atom stereocenters. The Bertz CT molecular complexity index is 1040. The summed E-state index contributed by atoms with van der Waals surface area (Å²) in [7, 11) is 0. The highest BCUT2D eigenvalue weighted by molar-refractivity contribution is 8.00. The van der Waals surface area contributed by atoms with Crippen molar-refractivity contribution in [3.8, 4) is 11.1 Å². The molecule has 1 aliphatic carbocycles. The number of benzene rings is 2. The Labute approximate surface area is 203 Å². The fourth-order valence-corrected chi connectivity index (χ4v) is 6.16. The van der Waals surface area contributed by atoms with Crippen LogP contribution in [0.4, 0.5) is 4.79 Å². The van der Waals surface area contributed by atoms with Crippen molar-refractivity contribution in [3.63, 3.8) is 0 Å². The first-order valence-electron chi connectivity index (χ1n) is 11.6.